The van der Waals surface area contributed by atoms with E-state index in [0.717, 1.165) is 30.1 Å². The van der Waals surface area contributed by atoms with Crippen molar-refractivity contribution in [2.24, 2.45) is 0 Å². The number of hydrogen-bond acceptors (Lipinski definition) is 2. The Hall–Kier alpha value is -1.35. The first-order chi connectivity index (χ1) is 10.3. The van der Waals surface area contributed by atoms with Crippen LogP contribution in [0.2, 0.25) is 5.02 Å². The zero-order chi connectivity index (χ0) is 14.9. The molecule has 0 aliphatic carbocycles. The quantitative estimate of drug-likeness (QED) is 0.722. The fourth-order valence-electron chi connectivity index (χ4n) is 2.13. The van der Waals surface area contributed by atoms with Gasteiger partial charge in [0.05, 0.1) is 13.2 Å². The maximum Gasteiger partial charge on any atom is 0.0724 e. The summed E-state index contributed by atoms with van der Waals surface area (Å²) in [5.74, 6) is 0. The fourth-order valence-corrected chi connectivity index (χ4v) is 2.26. The standard InChI is InChI=1S/C18H22ClNO/c1-2-11-20-12-16-5-3-4-6-17(16)14-21-13-15-7-9-18(19)10-8-15/h3-10,20H,2,11-14H2,1H3. The zero-order valence-corrected chi connectivity index (χ0v) is 13.2. The fraction of sp³-hybridized carbons (Fsp3) is 0.333. The molecule has 0 radical (unpaired) electrons. The van der Waals surface area contributed by atoms with Crippen molar-refractivity contribution >= 4 is 11.6 Å². The molecule has 112 valence electrons. The number of halogens is 1. The van der Waals surface area contributed by atoms with Gasteiger partial charge in [0.1, 0.15) is 0 Å². The van der Waals surface area contributed by atoms with Crippen LogP contribution in [0.4, 0.5) is 0 Å². The predicted octanol–water partition coefficient (Wildman–Crippen LogP) is 4.56. The molecule has 0 saturated heterocycles. The van der Waals surface area contributed by atoms with E-state index >= 15 is 0 Å². The maximum atomic E-state index is 5.88. The summed E-state index contributed by atoms with van der Waals surface area (Å²) >= 11 is 5.88. The molecule has 0 aliphatic heterocycles. The summed E-state index contributed by atoms with van der Waals surface area (Å²) in [6.07, 6.45) is 1.15. The molecular formula is C18H22ClNO. The minimum absolute atomic E-state index is 0.605. The summed E-state index contributed by atoms with van der Waals surface area (Å²) in [6.45, 7) is 5.35. The van der Waals surface area contributed by atoms with E-state index in [1.54, 1.807) is 0 Å². The lowest BCUT2D eigenvalue weighted by Crippen LogP contribution is -2.15. The molecule has 2 nitrogen and oxygen atoms in total. The van der Waals surface area contributed by atoms with E-state index in [-0.39, 0.29) is 0 Å². The van der Waals surface area contributed by atoms with Gasteiger partial charge in [0.15, 0.2) is 0 Å². The molecule has 2 rings (SSSR count). The van der Waals surface area contributed by atoms with Crippen LogP contribution in [0.3, 0.4) is 0 Å². The Balaban J connectivity index is 1.86. The number of hydrogen-bond donors (Lipinski definition) is 1. The summed E-state index contributed by atoms with van der Waals surface area (Å²) in [5, 5.41) is 4.19. The van der Waals surface area contributed by atoms with Gasteiger partial charge in [-0.1, -0.05) is 54.9 Å². The molecule has 0 bridgehead atoms. The predicted molar refractivity (Wildman–Crippen MR) is 88.4 cm³/mol. The average Bonchev–Trinajstić information content (AvgIpc) is 2.51. The minimum atomic E-state index is 0.605. The molecule has 3 heteroatoms. The zero-order valence-electron chi connectivity index (χ0n) is 12.4. The summed E-state index contributed by atoms with van der Waals surface area (Å²) in [6, 6.07) is 16.2. The van der Waals surface area contributed by atoms with Crippen LogP contribution in [-0.2, 0) is 24.5 Å². The normalized spacial score (nSPS) is 10.8. The van der Waals surface area contributed by atoms with E-state index in [1.165, 1.54) is 11.1 Å². The van der Waals surface area contributed by atoms with E-state index in [4.69, 9.17) is 16.3 Å². The van der Waals surface area contributed by atoms with Gasteiger partial charge in [0.25, 0.3) is 0 Å². The Morgan fingerprint density at radius 2 is 1.67 bits per heavy atom. The molecule has 0 atom stereocenters. The van der Waals surface area contributed by atoms with Crippen molar-refractivity contribution < 1.29 is 4.74 Å². The average molecular weight is 304 g/mol. The SMILES string of the molecule is CCCNCc1ccccc1COCc1ccc(Cl)cc1. The summed E-state index contributed by atoms with van der Waals surface area (Å²) in [4.78, 5) is 0. The molecule has 0 saturated carbocycles. The summed E-state index contributed by atoms with van der Waals surface area (Å²) in [7, 11) is 0. The van der Waals surface area contributed by atoms with E-state index in [1.807, 2.05) is 24.3 Å². The largest absolute Gasteiger partial charge is 0.372 e. The van der Waals surface area contributed by atoms with Gasteiger partial charge in [-0.3, -0.25) is 0 Å². The summed E-state index contributed by atoms with van der Waals surface area (Å²) in [5.41, 5.74) is 3.69. The Bertz CT molecular complexity index is 539. The van der Waals surface area contributed by atoms with E-state index in [0.29, 0.717) is 13.2 Å². The monoisotopic (exact) mass is 303 g/mol. The van der Waals surface area contributed by atoms with Gasteiger partial charge in [0.2, 0.25) is 0 Å². The van der Waals surface area contributed by atoms with Crippen molar-refractivity contribution in [2.45, 2.75) is 33.1 Å². The van der Waals surface area contributed by atoms with Gasteiger partial charge in [0, 0.05) is 11.6 Å². The van der Waals surface area contributed by atoms with E-state index in [9.17, 15) is 0 Å². The highest BCUT2D eigenvalue weighted by Crippen LogP contribution is 2.13. The minimum Gasteiger partial charge on any atom is -0.372 e. The number of benzene rings is 2. The lowest BCUT2D eigenvalue weighted by molar-refractivity contribution is 0.106. The van der Waals surface area contributed by atoms with Crippen LogP contribution in [0, 0.1) is 0 Å². The van der Waals surface area contributed by atoms with Crippen LogP contribution in [0.5, 0.6) is 0 Å². The molecule has 2 aromatic carbocycles. The first-order valence-electron chi connectivity index (χ1n) is 7.39. The molecule has 0 aliphatic rings. The Morgan fingerprint density at radius 3 is 2.38 bits per heavy atom. The molecule has 0 fully saturated rings. The van der Waals surface area contributed by atoms with Crippen molar-refractivity contribution in [3.63, 3.8) is 0 Å². The van der Waals surface area contributed by atoms with Crippen molar-refractivity contribution in [3.05, 3.63) is 70.2 Å². The van der Waals surface area contributed by atoms with Gasteiger partial charge in [-0.25, -0.2) is 0 Å². The molecule has 0 amide bonds. The van der Waals surface area contributed by atoms with Crippen LogP contribution < -0.4 is 5.32 Å². The maximum absolute atomic E-state index is 5.88. The van der Waals surface area contributed by atoms with Crippen molar-refractivity contribution in [3.8, 4) is 0 Å². The van der Waals surface area contributed by atoms with Crippen molar-refractivity contribution in [2.75, 3.05) is 6.54 Å². The second-order valence-electron chi connectivity index (χ2n) is 5.06. The molecule has 1 N–H and O–H groups in total. The van der Waals surface area contributed by atoms with Crippen LogP contribution in [0.15, 0.2) is 48.5 Å². The third kappa shape index (κ3) is 5.50. The third-order valence-electron chi connectivity index (χ3n) is 3.30. The van der Waals surface area contributed by atoms with Gasteiger partial charge in [-0.15, -0.1) is 0 Å². The van der Waals surface area contributed by atoms with Crippen molar-refractivity contribution in [1.29, 1.82) is 0 Å². The second kappa shape index (κ2) is 8.83. The first kappa shape index (κ1) is 16.0. The molecule has 21 heavy (non-hydrogen) atoms. The Morgan fingerprint density at radius 1 is 0.952 bits per heavy atom. The van der Waals surface area contributed by atoms with Gasteiger partial charge >= 0.3 is 0 Å². The molecule has 2 aromatic rings. The Kier molecular flexibility index (Phi) is 6.74. The van der Waals surface area contributed by atoms with Crippen LogP contribution >= 0.6 is 11.6 Å². The van der Waals surface area contributed by atoms with Crippen molar-refractivity contribution in [1.82, 2.24) is 5.32 Å². The van der Waals surface area contributed by atoms with E-state index in [2.05, 4.69) is 36.5 Å². The number of nitrogens with one attached hydrogen (secondary N) is 1. The van der Waals surface area contributed by atoms with E-state index < -0.39 is 0 Å². The Labute approximate surface area is 132 Å². The summed E-state index contributed by atoms with van der Waals surface area (Å²) < 4.78 is 5.82. The van der Waals surface area contributed by atoms with Gasteiger partial charge < -0.3 is 10.1 Å². The molecule has 0 unspecified atom stereocenters. The lowest BCUT2D eigenvalue weighted by atomic mass is 10.1. The highest BCUT2D eigenvalue weighted by Gasteiger charge is 2.02. The molecule has 0 spiro atoms. The second-order valence-corrected chi connectivity index (χ2v) is 5.50. The number of ether oxygens (including phenoxy) is 1. The van der Waals surface area contributed by atoms with Crippen LogP contribution in [0.25, 0.3) is 0 Å². The highest BCUT2D eigenvalue weighted by molar-refractivity contribution is 6.30. The van der Waals surface area contributed by atoms with Gasteiger partial charge in [-0.05, 0) is 41.8 Å². The number of rotatable bonds is 8. The topological polar surface area (TPSA) is 21.3 Å². The molecule has 0 heterocycles. The third-order valence-corrected chi connectivity index (χ3v) is 3.55. The lowest BCUT2D eigenvalue weighted by Gasteiger charge is -2.11. The van der Waals surface area contributed by atoms with Crippen LogP contribution in [0.1, 0.15) is 30.0 Å². The molecular weight excluding hydrogens is 282 g/mol. The highest BCUT2D eigenvalue weighted by atomic mass is 35.5. The van der Waals surface area contributed by atoms with Crippen LogP contribution in [-0.4, -0.2) is 6.54 Å². The smallest absolute Gasteiger partial charge is 0.0724 e. The first-order valence-corrected chi connectivity index (χ1v) is 7.77. The molecule has 0 aromatic heterocycles. The van der Waals surface area contributed by atoms with Gasteiger partial charge in [-0.2, -0.15) is 0 Å².